The van der Waals surface area contributed by atoms with Gasteiger partial charge in [-0.2, -0.15) is 0 Å². The number of ether oxygens (including phenoxy) is 1. The van der Waals surface area contributed by atoms with Crippen LogP contribution in [0, 0.1) is 0 Å². The van der Waals surface area contributed by atoms with E-state index in [1.165, 1.54) is 51.4 Å². The van der Waals surface area contributed by atoms with Crippen molar-refractivity contribution < 1.29 is 9.53 Å². The summed E-state index contributed by atoms with van der Waals surface area (Å²) in [6.45, 7) is 3.92. The smallest absolute Gasteiger partial charge is 0.129 e. The summed E-state index contributed by atoms with van der Waals surface area (Å²) >= 11 is 3.73. The molecule has 1 heterocycles. The van der Waals surface area contributed by atoms with Gasteiger partial charge in [0.2, 0.25) is 0 Å². The number of allylic oxidation sites excluding steroid dienone is 1. The Bertz CT molecular complexity index is 327. The fourth-order valence-corrected chi connectivity index (χ4v) is 3.45. The number of alkyl halides is 1. The number of epoxide rings is 1. The summed E-state index contributed by atoms with van der Waals surface area (Å²) in [5, 5.41) is 0. The molecule has 1 rings (SSSR count). The zero-order valence-corrected chi connectivity index (χ0v) is 15.9. The summed E-state index contributed by atoms with van der Waals surface area (Å²) in [7, 11) is 0. The van der Waals surface area contributed by atoms with E-state index in [1.807, 2.05) is 0 Å². The molecule has 0 aromatic rings. The highest BCUT2D eigenvalue weighted by atomic mass is 79.9. The molecule has 1 saturated heterocycles. The van der Waals surface area contributed by atoms with Gasteiger partial charge in [-0.05, 0) is 32.6 Å². The number of hydrogen-bond donors (Lipinski definition) is 0. The lowest BCUT2D eigenvalue weighted by Gasteiger charge is -2.01. The van der Waals surface area contributed by atoms with Crippen molar-refractivity contribution in [2.24, 2.45) is 0 Å². The summed E-state index contributed by atoms with van der Waals surface area (Å²) in [4.78, 5) is 11.2. The molecule has 3 heteroatoms. The third-order valence-electron chi connectivity index (χ3n) is 4.25. The summed E-state index contributed by atoms with van der Waals surface area (Å²) in [6.07, 6.45) is 18.5. The molecule has 2 nitrogen and oxygen atoms in total. The van der Waals surface area contributed by atoms with E-state index in [0.29, 0.717) is 22.8 Å². The first kappa shape index (κ1) is 19.9. The van der Waals surface area contributed by atoms with Gasteiger partial charge in [-0.15, -0.1) is 0 Å². The molecule has 22 heavy (non-hydrogen) atoms. The van der Waals surface area contributed by atoms with Gasteiger partial charge in [0, 0.05) is 6.42 Å². The van der Waals surface area contributed by atoms with Crippen molar-refractivity contribution in [1.82, 2.24) is 0 Å². The molecule has 0 spiro atoms. The molecule has 0 radical (unpaired) electrons. The van der Waals surface area contributed by atoms with Crippen molar-refractivity contribution >= 4 is 21.7 Å². The number of ketones is 1. The first-order valence-electron chi connectivity index (χ1n) is 9.10. The van der Waals surface area contributed by atoms with Crippen LogP contribution in [0.15, 0.2) is 12.2 Å². The Balaban J connectivity index is 1.92. The molecule has 0 saturated carbocycles. The van der Waals surface area contributed by atoms with Crippen molar-refractivity contribution in [1.29, 1.82) is 0 Å². The number of rotatable bonds is 14. The number of carbonyl (C=O) groups is 1. The Kier molecular flexibility index (Phi) is 11.1. The van der Waals surface area contributed by atoms with Gasteiger partial charge in [0.05, 0.1) is 10.9 Å². The summed E-state index contributed by atoms with van der Waals surface area (Å²) < 4.78 is 5.74. The number of carbonyl (C=O) groups excluding carboxylic acids is 1. The van der Waals surface area contributed by atoms with Crippen molar-refractivity contribution in [2.45, 2.75) is 102 Å². The second kappa shape index (κ2) is 12.3. The van der Waals surface area contributed by atoms with Crippen molar-refractivity contribution in [2.75, 3.05) is 0 Å². The molecule has 3 atom stereocenters. The molecule has 0 aromatic heterocycles. The van der Waals surface area contributed by atoms with Crippen LogP contribution in [0.2, 0.25) is 0 Å². The highest BCUT2D eigenvalue weighted by Gasteiger charge is 2.41. The fraction of sp³-hybridized carbons (Fsp3) is 0.842. The van der Waals surface area contributed by atoms with Crippen LogP contribution in [0.1, 0.15) is 84.5 Å². The van der Waals surface area contributed by atoms with E-state index < -0.39 is 0 Å². The lowest BCUT2D eigenvalue weighted by Crippen LogP contribution is -2.06. The highest BCUT2D eigenvalue weighted by Crippen LogP contribution is 2.34. The van der Waals surface area contributed by atoms with Crippen LogP contribution in [0.5, 0.6) is 0 Å². The van der Waals surface area contributed by atoms with Crippen molar-refractivity contribution in [3.05, 3.63) is 12.2 Å². The first-order chi connectivity index (χ1) is 10.6. The minimum absolute atomic E-state index is 0.321. The van der Waals surface area contributed by atoms with Gasteiger partial charge >= 0.3 is 0 Å². The molecule has 0 amide bonds. The lowest BCUT2D eigenvalue weighted by molar-refractivity contribution is -0.117. The SMILES string of the molecule is CCCCCC1OC1C(Br)C=CCCCCCCCC(C)=O. The van der Waals surface area contributed by atoms with Gasteiger partial charge in [-0.25, -0.2) is 0 Å². The third kappa shape index (κ3) is 9.78. The zero-order chi connectivity index (χ0) is 16.2. The van der Waals surface area contributed by atoms with E-state index in [0.717, 1.165) is 19.3 Å². The van der Waals surface area contributed by atoms with Crippen molar-refractivity contribution in [3.63, 3.8) is 0 Å². The van der Waals surface area contributed by atoms with Crippen LogP contribution in [-0.2, 0) is 9.53 Å². The molecule has 1 aliphatic rings. The average molecular weight is 373 g/mol. The Morgan fingerprint density at radius 1 is 1.14 bits per heavy atom. The molecule has 0 N–H and O–H groups in total. The van der Waals surface area contributed by atoms with Gasteiger partial charge in [-0.3, -0.25) is 0 Å². The van der Waals surface area contributed by atoms with E-state index in [1.54, 1.807) is 6.92 Å². The maximum absolute atomic E-state index is 10.8. The molecule has 1 aliphatic heterocycles. The normalized spacial score (nSPS) is 22.1. The van der Waals surface area contributed by atoms with Gasteiger partial charge in [0.25, 0.3) is 0 Å². The van der Waals surface area contributed by atoms with E-state index >= 15 is 0 Å². The maximum atomic E-state index is 10.8. The topological polar surface area (TPSA) is 29.6 Å². The largest absolute Gasteiger partial charge is 0.368 e. The second-order valence-electron chi connectivity index (χ2n) is 6.52. The minimum atomic E-state index is 0.321. The van der Waals surface area contributed by atoms with Crippen molar-refractivity contribution in [3.8, 4) is 0 Å². The van der Waals surface area contributed by atoms with Crippen LogP contribution >= 0.6 is 15.9 Å². The molecule has 0 aromatic carbocycles. The Labute approximate surface area is 145 Å². The lowest BCUT2D eigenvalue weighted by atomic mass is 10.1. The van der Waals surface area contributed by atoms with E-state index in [-0.39, 0.29) is 0 Å². The van der Waals surface area contributed by atoms with E-state index in [2.05, 4.69) is 35.0 Å². The Hall–Kier alpha value is -0.150. The monoisotopic (exact) mass is 372 g/mol. The van der Waals surface area contributed by atoms with Crippen LogP contribution in [0.3, 0.4) is 0 Å². The number of Topliss-reactive ketones (excluding diaryl/α,β-unsaturated/α-hetero) is 1. The number of hydrogen-bond acceptors (Lipinski definition) is 2. The number of halogens is 1. The fourth-order valence-electron chi connectivity index (χ4n) is 2.77. The quantitative estimate of drug-likeness (QED) is 0.162. The molecule has 1 fully saturated rings. The zero-order valence-electron chi connectivity index (χ0n) is 14.4. The predicted octanol–water partition coefficient (Wildman–Crippen LogP) is 5.97. The number of unbranched alkanes of at least 4 members (excludes halogenated alkanes) is 7. The Morgan fingerprint density at radius 2 is 1.86 bits per heavy atom. The molecule has 3 unspecified atom stereocenters. The first-order valence-corrected chi connectivity index (χ1v) is 10.0. The van der Waals surface area contributed by atoms with Crippen LogP contribution in [-0.4, -0.2) is 22.8 Å². The summed E-state index contributed by atoms with van der Waals surface area (Å²) in [5.74, 6) is 0.321. The predicted molar refractivity (Wildman–Crippen MR) is 97.7 cm³/mol. The second-order valence-corrected chi connectivity index (χ2v) is 7.57. The standard InChI is InChI=1S/C19H33BrO2/c1-3-4-10-15-18-19(22-18)17(20)14-12-9-7-5-6-8-11-13-16(2)21/h12,14,17-19H,3-11,13,15H2,1-2H3. The maximum Gasteiger partial charge on any atom is 0.129 e. The van der Waals surface area contributed by atoms with Gasteiger partial charge in [-0.1, -0.05) is 73.5 Å². The van der Waals surface area contributed by atoms with Crippen LogP contribution < -0.4 is 0 Å². The summed E-state index contributed by atoms with van der Waals surface area (Å²) in [5.41, 5.74) is 0. The van der Waals surface area contributed by atoms with E-state index in [9.17, 15) is 4.79 Å². The molecule has 0 aliphatic carbocycles. The highest BCUT2D eigenvalue weighted by molar-refractivity contribution is 9.09. The third-order valence-corrected chi connectivity index (χ3v) is 5.07. The summed E-state index contributed by atoms with van der Waals surface area (Å²) in [6, 6.07) is 0. The molecular formula is C19H33BrO2. The Morgan fingerprint density at radius 3 is 2.59 bits per heavy atom. The van der Waals surface area contributed by atoms with Gasteiger partial charge < -0.3 is 9.53 Å². The molecule has 128 valence electrons. The average Bonchev–Trinajstić information content (AvgIpc) is 3.25. The van der Waals surface area contributed by atoms with Crippen LogP contribution in [0.4, 0.5) is 0 Å². The minimum Gasteiger partial charge on any atom is -0.368 e. The van der Waals surface area contributed by atoms with Gasteiger partial charge in [0.1, 0.15) is 11.9 Å². The van der Waals surface area contributed by atoms with Crippen LogP contribution in [0.25, 0.3) is 0 Å². The molecular weight excluding hydrogens is 340 g/mol. The van der Waals surface area contributed by atoms with Gasteiger partial charge in [0.15, 0.2) is 0 Å². The van der Waals surface area contributed by atoms with E-state index in [4.69, 9.17) is 4.74 Å². The molecule has 0 bridgehead atoms.